The number of methoxy groups -OCH3 is 1. The first-order valence-corrected chi connectivity index (χ1v) is 7.39. The average molecular weight is 347 g/mol. The maximum atomic E-state index is 5.86. The Morgan fingerprint density at radius 1 is 1.29 bits per heavy atom. The first-order chi connectivity index (χ1) is 10.2. The minimum atomic E-state index is 0.599. The molecule has 108 valence electrons. The van der Waals surface area contributed by atoms with Crippen LogP contribution in [0.25, 0.3) is 11.0 Å². The van der Waals surface area contributed by atoms with E-state index in [-0.39, 0.29) is 0 Å². The summed E-state index contributed by atoms with van der Waals surface area (Å²) >= 11 is 3.36. The molecule has 0 aliphatic rings. The summed E-state index contributed by atoms with van der Waals surface area (Å²) in [5.74, 6) is 1.61. The van der Waals surface area contributed by atoms with E-state index >= 15 is 0 Å². The van der Waals surface area contributed by atoms with Crippen molar-refractivity contribution in [3.05, 3.63) is 52.5 Å². The van der Waals surface area contributed by atoms with Crippen molar-refractivity contribution >= 4 is 32.6 Å². The van der Waals surface area contributed by atoms with Crippen molar-refractivity contribution in [3.8, 4) is 5.75 Å². The van der Waals surface area contributed by atoms with Gasteiger partial charge in [-0.25, -0.2) is 4.98 Å². The summed E-state index contributed by atoms with van der Waals surface area (Å²) in [6, 6.07) is 11.8. The summed E-state index contributed by atoms with van der Waals surface area (Å²) in [4.78, 5) is 4.36. The summed E-state index contributed by atoms with van der Waals surface area (Å²) in [6.45, 7) is 2.57. The molecule has 4 nitrogen and oxygen atoms in total. The van der Waals surface area contributed by atoms with Crippen LogP contribution in [0.3, 0.4) is 0 Å². The van der Waals surface area contributed by atoms with Crippen LogP contribution < -0.4 is 10.1 Å². The lowest BCUT2D eigenvalue weighted by Gasteiger charge is -2.07. The van der Waals surface area contributed by atoms with Crippen LogP contribution in [0.1, 0.15) is 11.5 Å². The number of pyridine rings is 1. The average Bonchev–Trinajstić information content (AvgIpc) is 2.89. The number of fused-ring (bicyclic) bond motifs is 1. The van der Waals surface area contributed by atoms with Crippen molar-refractivity contribution in [2.24, 2.45) is 0 Å². The highest BCUT2D eigenvalue weighted by molar-refractivity contribution is 9.10. The molecule has 5 heteroatoms. The van der Waals surface area contributed by atoms with Crippen LogP contribution in [0, 0.1) is 6.92 Å². The Balaban J connectivity index is 1.82. The van der Waals surface area contributed by atoms with Gasteiger partial charge in [-0.1, -0.05) is 12.1 Å². The number of nitrogens with one attached hydrogen (secondary N) is 1. The van der Waals surface area contributed by atoms with Gasteiger partial charge < -0.3 is 14.5 Å². The van der Waals surface area contributed by atoms with E-state index in [9.17, 15) is 0 Å². The Morgan fingerprint density at radius 2 is 2.14 bits per heavy atom. The lowest BCUT2D eigenvalue weighted by Crippen LogP contribution is -2.01. The van der Waals surface area contributed by atoms with E-state index in [2.05, 4.69) is 26.2 Å². The van der Waals surface area contributed by atoms with Gasteiger partial charge in [-0.15, -0.1) is 0 Å². The Kier molecular flexibility index (Phi) is 3.84. The number of aryl methyl sites for hydroxylation is 1. The van der Waals surface area contributed by atoms with Crippen molar-refractivity contribution < 1.29 is 9.15 Å². The van der Waals surface area contributed by atoms with Crippen molar-refractivity contribution in [1.82, 2.24) is 4.98 Å². The molecule has 2 aromatic heterocycles. The molecule has 3 rings (SSSR count). The van der Waals surface area contributed by atoms with Gasteiger partial charge in [0.2, 0.25) is 0 Å². The highest BCUT2D eigenvalue weighted by Gasteiger charge is 2.09. The van der Waals surface area contributed by atoms with Gasteiger partial charge in [-0.3, -0.25) is 0 Å². The number of para-hydroxylation sites is 1. The fourth-order valence-corrected chi connectivity index (χ4v) is 2.64. The molecule has 0 amide bonds. The van der Waals surface area contributed by atoms with Crippen molar-refractivity contribution in [1.29, 1.82) is 0 Å². The number of furan rings is 1. The lowest BCUT2D eigenvalue weighted by molar-refractivity contribution is 0.408. The number of rotatable bonds is 4. The molecule has 0 atom stereocenters. The highest BCUT2D eigenvalue weighted by Crippen LogP contribution is 2.29. The smallest absolute Gasteiger partial charge is 0.176 e. The van der Waals surface area contributed by atoms with Crippen LogP contribution in [0.15, 0.2) is 45.4 Å². The predicted octanol–water partition coefficient (Wildman–Crippen LogP) is 4.52. The number of hydrogen-bond donors (Lipinski definition) is 1. The minimum absolute atomic E-state index is 0.599. The largest absolute Gasteiger partial charge is 0.493 e. The standard InChI is InChI=1S/C16H15BrN2O2/c1-10-13(6-7-15(17)19-10)18-9-12-8-11-4-3-5-14(20-2)16(11)21-12/h3-8,18H,9H2,1-2H3. The van der Waals surface area contributed by atoms with Crippen molar-refractivity contribution in [2.45, 2.75) is 13.5 Å². The lowest BCUT2D eigenvalue weighted by atomic mass is 10.2. The zero-order valence-electron chi connectivity index (χ0n) is 11.8. The Morgan fingerprint density at radius 3 is 2.90 bits per heavy atom. The summed E-state index contributed by atoms with van der Waals surface area (Å²) < 4.78 is 12.0. The third-order valence-corrected chi connectivity index (χ3v) is 3.73. The van der Waals surface area contributed by atoms with Gasteiger partial charge in [0.25, 0.3) is 0 Å². The second-order valence-corrected chi connectivity index (χ2v) is 5.52. The topological polar surface area (TPSA) is 47.3 Å². The molecule has 0 radical (unpaired) electrons. The number of hydrogen-bond acceptors (Lipinski definition) is 4. The molecule has 0 aliphatic heterocycles. The van der Waals surface area contributed by atoms with Crippen molar-refractivity contribution in [2.75, 3.05) is 12.4 Å². The second-order valence-electron chi connectivity index (χ2n) is 4.71. The van der Waals surface area contributed by atoms with Crippen molar-refractivity contribution in [3.63, 3.8) is 0 Å². The van der Waals surface area contributed by atoms with Crippen LogP contribution in [0.2, 0.25) is 0 Å². The van der Waals surface area contributed by atoms with Crippen LogP contribution in [0.4, 0.5) is 5.69 Å². The van der Waals surface area contributed by atoms with E-state index in [0.29, 0.717) is 6.54 Å². The molecule has 21 heavy (non-hydrogen) atoms. The van der Waals surface area contributed by atoms with Gasteiger partial charge in [-0.05, 0) is 47.1 Å². The summed E-state index contributed by atoms with van der Waals surface area (Å²) in [5, 5.41) is 4.38. The first-order valence-electron chi connectivity index (χ1n) is 6.60. The Bertz CT molecular complexity index is 783. The molecular formula is C16H15BrN2O2. The zero-order chi connectivity index (χ0) is 14.8. The summed E-state index contributed by atoms with van der Waals surface area (Å²) in [6.07, 6.45) is 0. The molecule has 0 saturated heterocycles. The molecule has 0 spiro atoms. The number of ether oxygens (including phenoxy) is 1. The zero-order valence-corrected chi connectivity index (χ0v) is 13.4. The van der Waals surface area contributed by atoms with Gasteiger partial charge in [0.15, 0.2) is 11.3 Å². The van der Waals surface area contributed by atoms with Gasteiger partial charge in [0.1, 0.15) is 10.4 Å². The van der Waals surface area contributed by atoms with Gasteiger partial charge in [0, 0.05) is 5.39 Å². The van der Waals surface area contributed by atoms with E-state index in [0.717, 1.165) is 38.5 Å². The Hall–Kier alpha value is -2.01. The fourth-order valence-electron chi connectivity index (χ4n) is 2.24. The van der Waals surface area contributed by atoms with E-state index in [1.165, 1.54) is 0 Å². The van der Waals surface area contributed by atoms with Crippen LogP contribution in [-0.2, 0) is 6.54 Å². The third kappa shape index (κ3) is 2.88. The SMILES string of the molecule is COc1cccc2cc(CNc3ccc(Br)nc3C)oc12. The first kappa shape index (κ1) is 13.9. The van der Waals surface area contributed by atoms with E-state index in [1.807, 2.05) is 43.3 Å². The molecule has 0 bridgehead atoms. The van der Waals surface area contributed by atoms with E-state index in [1.54, 1.807) is 7.11 Å². The predicted molar refractivity (Wildman–Crippen MR) is 86.8 cm³/mol. The number of halogens is 1. The molecule has 3 aromatic rings. The molecule has 0 saturated carbocycles. The second kappa shape index (κ2) is 5.77. The van der Waals surface area contributed by atoms with E-state index in [4.69, 9.17) is 9.15 Å². The van der Waals surface area contributed by atoms with E-state index < -0.39 is 0 Å². The maximum absolute atomic E-state index is 5.86. The molecular weight excluding hydrogens is 332 g/mol. The maximum Gasteiger partial charge on any atom is 0.176 e. The molecule has 0 unspecified atom stereocenters. The normalized spacial score (nSPS) is 10.8. The molecule has 2 heterocycles. The number of benzene rings is 1. The minimum Gasteiger partial charge on any atom is -0.493 e. The van der Waals surface area contributed by atoms with Crippen LogP contribution in [-0.4, -0.2) is 12.1 Å². The number of nitrogens with zero attached hydrogens (tertiary/aromatic N) is 1. The molecule has 0 fully saturated rings. The van der Waals surface area contributed by atoms with Gasteiger partial charge >= 0.3 is 0 Å². The quantitative estimate of drug-likeness (QED) is 0.705. The number of anilines is 1. The molecule has 0 aliphatic carbocycles. The number of aromatic nitrogens is 1. The summed E-state index contributed by atoms with van der Waals surface area (Å²) in [7, 11) is 1.64. The van der Waals surface area contributed by atoms with Gasteiger partial charge in [0.05, 0.1) is 25.0 Å². The third-order valence-electron chi connectivity index (χ3n) is 3.28. The highest BCUT2D eigenvalue weighted by atomic mass is 79.9. The van der Waals surface area contributed by atoms with Gasteiger partial charge in [-0.2, -0.15) is 0 Å². The monoisotopic (exact) mass is 346 g/mol. The van der Waals surface area contributed by atoms with Crippen LogP contribution >= 0.6 is 15.9 Å². The fraction of sp³-hybridized carbons (Fsp3) is 0.188. The molecule has 1 aromatic carbocycles. The Labute approximate surface area is 131 Å². The molecule has 1 N–H and O–H groups in total. The summed E-state index contributed by atoms with van der Waals surface area (Å²) in [5.41, 5.74) is 2.71. The van der Waals surface area contributed by atoms with Crippen LogP contribution in [0.5, 0.6) is 5.75 Å².